The highest BCUT2D eigenvalue weighted by Gasteiger charge is 2.19. The second-order valence-corrected chi connectivity index (χ2v) is 20.3. The predicted molar refractivity (Wildman–Crippen MR) is 284 cm³/mol. The van der Waals surface area contributed by atoms with Crippen LogP contribution in [0, 0.1) is 0 Å². The van der Waals surface area contributed by atoms with Gasteiger partial charge in [-0.25, -0.2) is 0 Å². The molecule has 66 heavy (non-hydrogen) atoms. The predicted octanol–water partition coefficient (Wildman–Crippen LogP) is 19.7. The minimum atomic E-state index is -0.763. The van der Waals surface area contributed by atoms with E-state index in [2.05, 4.69) is 32.9 Å². The molecule has 0 N–H and O–H groups in total. The molecular formula is C60H114O6. The highest BCUT2D eigenvalue weighted by atomic mass is 16.6. The molecule has 1 unspecified atom stereocenters. The molecule has 0 aromatic rings. The third-order valence-corrected chi connectivity index (χ3v) is 13.5. The van der Waals surface area contributed by atoms with Gasteiger partial charge in [0.25, 0.3) is 0 Å². The maximum atomic E-state index is 12.8. The Morgan fingerprint density at radius 3 is 0.758 bits per heavy atom. The summed E-state index contributed by atoms with van der Waals surface area (Å²) in [6, 6.07) is 0. The molecule has 0 rings (SSSR count). The Morgan fingerprint density at radius 2 is 0.500 bits per heavy atom. The molecule has 0 aliphatic heterocycles. The van der Waals surface area contributed by atoms with Crippen molar-refractivity contribution in [1.29, 1.82) is 0 Å². The lowest BCUT2D eigenvalue weighted by atomic mass is 10.0. The SMILES string of the molecule is CCCCCCCCCC/C=C\CCCCCCCCCCCCCC(=O)OCC(COC(=O)CCCCCCCCCCCC)OC(=O)CCCCCCCCCCCCCCCCC. The Labute approximate surface area is 411 Å². The van der Waals surface area contributed by atoms with Crippen LogP contribution in [0.1, 0.15) is 335 Å². The van der Waals surface area contributed by atoms with E-state index >= 15 is 0 Å². The number of hydrogen-bond donors (Lipinski definition) is 0. The van der Waals surface area contributed by atoms with Gasteiger partial charge < -0.3 is 14.2 Å². The summed E-state index contributed by atoms with van der Waals surface area (Å²) >= 11 is 0. The van der Waals surface area contributed by atoms with Gasteiger partial charge in [0.2, 0.25) is 0 Å². The van der Waals surface area contributed by atoms with E-state index in [4.69, 9.17) is 14.2 Å². The van der Waals surface area contributed by atoms with Gasteiger partial charge in [-0.3, -0.25) is 14.4 Å². The topological polar surface area (TPSA) is 78.9 Å². The molecule has 0 aromatic carbocycles. The van der Waals surface area contributed by atoms with Crippen LogP contribution in [-0.4, -0.2) is 37.2 Å². The summed E-state index contributed by atoms with van der Waals surface area (Å²) in [6.07, 6.45) is 63.6. The van der Waals surface area contributed by atoms with Gasteiger partial charge in [0, 0.05) is 19.3 Å². The number of hydrogen-bond acceptors (Lipinski definition) is 6. The van der Waals surface area contributed by atoms with Crippen LogP contribution in [0.3, 0.4) is 0 Å². The van der Waals surface area contributed by atoms with E-state index < -0.39 is 6.10 Å². The first-order valence-corrected chi connectivity index (χ1v) is 29.7. The van der Waals surface area contributed by atoms with Crippen molar-refractivity contribution < 1.29 is 28.6 Å². The molecule has 0 aromatic heterocycles. The average molecular weight is 932 g/mol. The standard InChI is InChI=1S/C60H114O6/c1-4-7-10-13-16-19-22-24-26-27-28-29-30-31-32-33-35-36-38-41-44-47-50-53-59(62)65-56-57(55-64-58(61)52-49-46-43-40-21-18-15-12-9-6-3)66-60(63)54-51-48-45-42-39-37-34-25-23-20-17-14-11-8-5-2/h27-28,57H,4-26,29-56H2,1-3H3/b28-27-. The van der Waals surface area contributed by atoms with Crippen molar-refractivity contribution in [3.8, 4) is 0 Å². The van der Waals surface area contributed by atoms with Crippen molar-refractivity contribution >= 4 is 17.9 Å². The molecule has 6 heteroatoms. The van der Waals surface area contributed by atoms with Gasteiger partial charge in [0.05, 0.1) is 0 Å². The van der Waals surface area contributed by atoms with Crippen molar-refractivity contribution in [3.05, 3.63) is 12.2 Å². The fourth-order valence-electron chi connectivity index (χ4n) is 9.03. The van der Waals surface area contributed by atoms with E-state index in [9.17, 15) is 14.4 Å². The highest BCUT2D eigenvalue weighted by molar-refractivity contribution is 5.71. The normalized spacial score (nSPS) is 12.0. The first kappa shape index (κ1) is 64.2. The molecule has 0 aliphatic carbocycles. The van der Waals surface area contributed by atoms with Crippen molar-refractivity contribution in [2.75, 3.05) is 13.2 Å². The van der Waals surface area contributed by atoms with Crippen molar-refractivity contribution in [2.24, 2.45) is 0 Å². The number of ether oxygens (including phenoxy) is 3. The second-order valence-electron chi connectivity index (χ2n) is 20.3. The maximum absolute atomic E-state index is 12.8. The van der Waals surface area contributed by atoms with Crippen LogP contribution in [-0.2, 0) is 28.6 Å². The van der Waals surface area contributed by atoms with Crippen LogP contribution in [0.5, 0.6) is 0 Å². The van der Waals surface area contributed by atoms with Gasteiger partial charge >= 0.3 is 17.9 Å². The lowest BCUT2D eigenvalue weighted by Crippen LogP contribution is -2.30. The second kappa shape index (κ2) is 55.7. The molecule has 1 atom stereocenters. The van der Waals surface area contributed by atoms with Crippen LogP contribution in [0.2, 0.25) is 0 Å². The van der Waals surface area contributed by atoms with Gasteiger partial charge in [-0.2, -0.15) is 0 Å². The first-order chi connectivity index (χ1) is 32.5. The van der Waals surface area contributed by atoms with E-state index in [1.54, 1.807) is 0 Å². The molecule has 0 aliphatic rings. The maximum Gasteiger partial charge on any atom is 0.306 e. The van der Waals surface area contributed by atoms with Crippen LogP contribution >= 0.6 is 0 Å². The van der Waals surface area contributed by atoms with Gasteiger partial charge in [0.1, 0.15) is 13.2 Å². The monoisotopic (exact) mass is 931 g/mol. The third kappa shape index (κ3) is 53.1. The lowest BCUT2D eigenvalue weighted by Gasteiger charge is -2.18. The number of allylic oxidation sites excluding steroid dienone is 2. The Morgan fingerprint density at radius 1 is 0.288 bits per heavy atom. The van der Waals surface area contributed by atoms with Gasteiger partial charge in [-0.1, -0.05) is 283 Å². The summed E-state index contributed by atoms with van der Waals surface area (Å²) in [7, 11) is 0. The van der Waals surface area contributed by atoms with Crippen LogP contribution in [0.4, 0.5) is 0 Å². The number of rotatable bonds is 55. The Balaban J connectivity index is 4.19. The van der Waals surface area contributed by atoms with Gasteiger partial charge in [0.15, 0.2) is 6.10 Å². The molecule has 390 valence electrons. The van der Waals surface area contributed by atoms with Crippen LogP contribution in [0.25, 0.3) is 0 Å². The summed E-state index contributed by atoms with van der Waals surface area (Å²) in [5.74, 6) is -0.843. The van der Waals surface area contributed by atoms with E-state index in [-0.39, 0.29) is 31.1 Å². The zero-order chi connectivity index (χ0) is 47.9. The van der Waals surface area contributed by atoms with E-state index in [1.807, 2.05) is 0 Å². The van der Waals surface area contributed by atoms with Gasteiger partial charge in [-0.15, -0.1) is 0 Å². The van der Waals surface area contributed by atoms with E-state index in [1.165, 1.54) is 238 Å². The largest absolute Gasteiger partial charge is 0.462 e. The quantitative estimate of drug-likeness (QED) is 0.0262. The minimum Gasteiger partial charge on any atom is -0.462 e. The Kier molecular flexibility index (Phi) is 54.2. The molecule has 0 heterocycles. The lowest BCUT2D eigenvalue weighted by molar-refractivity contribution is -0.167. The zero-order valence-electron chi connectivity index (χ0n) is 44.7. The van der Waals surface area contributed by atoms with Gasteiger partial charge in [-0.05, 0) is 44.9 Å². The Bertz CT molecular complexity index is 1020. The first-order valence-electron chi connectivity index (χ1n) is 29.7. The molecule has 0 fully saturated rings. The summed E-state index contributed by atoms with van der Waals surface area (Å²) in [5, 5.41) is 0. The van der Waals surface area contributed by atoms with Crippen LogP contribution < -0.4 is 0 Å². The summed E-state index contributed by atoms with van der Waals surface area (Å²) in [6.45, 7) is 6.68. The molecule has 0 spiro atoms. The number of carbonyl (C=O) groups is 3. The minimum absolute atomic E-state index is 0.0642. The fraction of sp³-hybridized carbons (Fsp3) is 0.917. The van der Waals surface area contributed by atoms with Crippen LogP contribution in [0.15, 0.2) is 12.2 Å². The zero-order valence-corrected chi connectivity index (χ0v) is 44.7. The summed E-state index contributed by atoms with van der Waals surface area (Å²) < 4.78 is 16.9. The van der Waals surface area contributed by atoms with Crippen molar-refractivity contribution in [3.63, 3.8) is 0 Å². The van der Waals surface area contributed by atoms with Crippen molar-refractivity contribution in [2.45, 2.75) is 341 Å². The molecule has 6 nitrogen and oxygen atoms in total. The fourth-order valence-corrected chi connectivity index (χ4v) is 9.03. The summed E-state index contributed by atoms with van der Waals surface area (Å²) in [4.78, 5) is 38.1. The van der Waals surface area contributed by atoms with E-state index in [0.29, 0.717) is 19.3 Å². The number of carbonyl (C=O) groups excluding carboxylic acids is 3. The van der Waals surface area contributed by atoms with E-state index in [0.717, 1.165) is 57.8 Å². The van der Waals surface area contributed by atoms with Crippen molar-refractivity contribution in [1.82, 2.24) is 0 Å². The molecular weight excluding hydrogens is 817 g/mol. The smallest absolute Gasteiger partial charge is 0.306 e. The summed E-state index contributed by atoms with van der Waals surface area (Å²) in [5.41, 5.74) is 0. The third-order valence-electron chi connectivity index (χ3n) is 13.5. The molecule has 0 saturated carbocycles. The molecule has 0 bridgehead atoms. The molecule has 0 saturated heterocycles. The Hall–Kier alpha value is -1.85. The molecule has 0 amide bonds. The number of unbranched alkanes of at least 4 members (excludes halogenated alkanes) is 42. The molecule has 0 radical (unpaired) electrons. The average Bonchev–Trinajstić information content (AvgIpc) is 3.31. The number of esters is 3. The highest BCUT2D eigenvalue weighted by Crippen LogP contribution is 2.17.